The maximum Gasteiger partial charge on any atom is 0.124 e. The molecule has 0 radical (unpaired) electrons. The molecule has 2 aromatic rings. The molecule has 104 valence electrons. The number of benzene rings is 1. The fraction of sp³-hybridized carbons (Fsp3) is 0.267. The molecule has 0 amide bonds. The summed E-state index contributed by atoms with van der Waals surface area (Å²) in [7, 11) is 1.61. The zero-order valence-corrected chi connectivity index (χ0v) is 12.3. The molecule has 4 nitrogen and oxygen atoms in total. The third kappa shape index (κ3) is 2.19. The topological polar surface area (TPSA) is 38.2 Å². The number of aromatic nitrogens is 1. The Morgan fingerprint density at radius 2 is 2.20 bits per heavy atom. The highest BCUT2D eigenvalue weighted by Gasteiger charge is 2.33. The zero-order chi connectivity index (χ0) is 14.2. The predicted molar refractivity (Wildman–Crippen MR) is 83.7 cm³/mol. The lowest BCUT2D eigenvalue weighted by atomic mass is 9.90. The van der Waals surface area contributed by atoms with Crippen LogP contribution in [0, 0.1) is 0 Å². The molecule has 1 unspecified atom stereocenters. The van der Waals surface area contributed by atoms with Crippen molar-refractivity contribution in [1.82, 2.24) is 9.88 Å². The lowest BCUT2D eigenvalue weighted by Crippen LogP contribution is -2.50. The number of nitrogens with one attached hydrogen (secondary N) is 2. The van der Waals surface area contributed by atoms with E-state index in [1.54, 1.807) is 7.11 Å². The number of thiocarbonyl (C=S) groups is 1. The van der Waals surface area contributed by atoms with Gasteiger partial charge in [0, 0.05) is 12.7 Å². The van der Waals surface area contributed by atoms with E-state index in [-0.39, 0.29) is 5.54 Å². The second-order valence-electron chi connectivity index (χ2n) is 5.19. The van der Waals surface area contributed by atoms with Crippen molar-refractivity contribution in [3.05, 3.63) is 53.9 Å². The summed E-state index contributed by atoms with van der Waals surface area (Å²) in [6.45, 7) is 3.00. The normalized spacial score (nSPS) is 21.2. The van der Waals surface area contributed by atoms with Crippen LogP contribution in [0.2, 0.25) is 0 Å². The summed E-state index contributed by atoms with van der Waals surface area (Å²) >= 11 is 5.47. The maximum absolute atomic E-state index is 5.47. The first kappa shape index (κ1) is 13.1. The van der Waals surface area contributed by atoms with Gasteiger partial charge in [0.2, 0.25) is 0 Å². The van der Waals surface area contributed by atoms with E-state index in [1.807, 2.05) is 24.3 Å². The summed E-state index contributed by atoms with van der Waals surface area (Å²) in [5, 5.41) is 3.46. The Morgan fingerprint density at radius 1 is 1.35 bits per heavy atom. The summed E-state index contributed by atoms with van der Waals surface area (Å²) in [5.41, 5.74) is 5.80. The molecular weight excluding hydrogens is 270 g/mol. The standard InChI is InChI=1S/C15H17N3OS/c1-15(11-5-3-6-12(9-11)17-19-2)10-18-8-4-7-13(18)14(20)16-15/h3-9,17H,10H2,1-2H3,(H,16,20). The molecule has 1 aliphatic rings. The molecule has 1 aromatic heterocycles. The maximum atomic E-state index is 5.47. The fourth-order valence-electron chi connectivity index (χ4n) is 2.66. The SMILES string of the molecule is CONc1cccc(C2(C)Cn3cccc3C(=S)N2)c1. The highest BCUT2D eigenvalue weighted by atomic mass is 32.1. The van der Waals surface area contributed by atoms with Gasteiger partial charge in [-0.3, -0.25) is 10.3 Å². The molecule has 2 heterocycles. The summed E-state index contributed by atoms with van der Waals surface area (Å²) in [6.07, 6.45) is 2.07. The van der Waals surface area contributed by atoms with Crippen molar-refractivity contribution in [3.63, 3.8) is 0 Å². The van der Waals surface area contributed by atoms with Crippen LogP contribution in [0.15, 0.2) is 42.6 Å². The second kappa shape index (κ2) is 4.92. The number of rotatable bonds is 3. The van der Waals surface area contributed by atoms with E-state index in [2.05, 4.69) is 40.6 Å². The van der Waals surface area contributed by atoms with Crippen molar-refractivity contribution in [1.29, 1.82) is 0 Å². The average Bonchev–Trinajstić information content (AvgIpc) is 2.88. The van der Waals surface area contributed by atoms with Crippen LogP contribution in [0.5, 0.6) is 0 Å². The van der Waals surface area contributed by atoms with E-state index in [0.29, 0.717) is 0 Å². The van der Waals surface area contributed by atoms with E-state index < -0.39 is 0 Å². The van der Waals surface area contributed by atoms with Crippen molar-refractivity contribution < 1.29 is 4.84 Å². The van der Waals surface area contributed by atoms with E-state index in [9.17, 15) is 0 Å². The third-order valence-electron chi connectivity index (χ3n) is 3.66. The van der Waals surface area contributed by atoms with Crippen LogP contribution in [0.1, 0.15) is 18.2 Å². The zero-order valence-electron chi connectivity index (χ0n) is 11.5. The van der Waals surface area contributed by atoms with E-state index >= 15 is 0 Å². The van der Waals surface area contributed by atoms with Gasteiger partial charge in [0.1, 0.15) is 4.99 Å². The number of nitrogens with zero attached hydrogens (tertiary/aromatic N) is 1. The molecule has 0 bridgehead atoms. The molecule has 0 saturated heterocycles. The number of anilines is 1. The molecule has 2 N–H and O–H groups in total. The highest BCUT2D eigenvalue weighted by molar-refractivity contribution is 7.80. The molecule has 1 aromatic carbocycles. The minimum Gasteiger partial charge on any atom is -0.364 e. The Balaban J connectivity index is 1.97. The van der Waals surface area contributed by atoms with Gasteiger partial charge in [-0.25, -0.2) is 0 Å². The first-order valence-corrected chi connectivity index (χ1v) is 6.90. The molecule has 3 rings (SSSR count). The number of hydrogen-bond acceptors (Lipinski definition) is 3. The fourth-order valence-corrected chi connectivity index (χ4v) is 3.07. The van der Waals surface area contributed by atoms with E-state index in [0.717, 1.165) is 22.9 Å². The largest absolute Gasteiger partial charge is 0.364 e. The summed E-state index contributed by atoms with van der Waals surface area (Å²) in [6, 6.07) is 12.2. The quantitative estimate of drug-likeness (QED) is 0.672. The van der Waals surface area contributed by atoms with Gasteiger partial charge in [-0.2, -0.15) is 0 Å². The lowest BCUT2D eigenvalue weighted by molar-refractivity contribution is 0.270. The van der Waals surface area contributed by atoms with Gasteiger partial charge in [-0.1, -0.05) is 24.4 Å². The predicted octanol–water partition coefficient (Wildman–Crippen LogP) is 2.66. The van der Waals surface area contributed by atoms with Gasteiger partial charge in [0.05, 0.1) is 24.0 Å². The Hall–Kier alpha value is -1.85. The van der Waals surface area contributed by atoms with Crippen molar-refractivity contribution in [2.45, 2.75) is 19.0 Å². The first-order chi connectivity index (χ1) is 9.62. The average molecular weight is 287 g/mol. The minimum atomic E-state index is -0.228. The van der Waals surface area contributed by atoms with E-state index in [1.165, 1.54) is 5.56 Å². The van der Waals surface area contributed by atoms with Crippen LogP contribution in [0.3, 0.4) is 0 Å². The molecule has 1 aliphatic heterocycles. The number of hydrogen-bond donors (Lipinski definition) is 2. The second-order valence-corrected chi connectivity index (χ2v) is 5.60. The molecule has 0 spiro atoms. The van der Waals surface area contributed by atoms with Crippen LogP contribution in [0.4, 0.5) is 5.69 Å². The molecule has 1 atom stereocenters. The summed E-state index contributed by atoms with van der Waals surface area (Å²) in [5.74, 6) is 0. The van der Waals surface area contributed by atoms with Gasteiger partial charge in [0.25, 0.3) is 0 Å². The van der Waals surface area contributed by atoms with Crippen molar-refractivity contribution in [3.8, 4) is 0 Å². The summed E-state index contributed by atoms with van der Waals surface area (Å²) < 4.78 is 2.19. The van der Waals surface area contributed by atoms with Gasteiger partial charge >= 0.3 is 0 Å². The molecule has 0 saturated carbocycles. The monoisotopic (exact) mass is 287 g/mol. The van der Waals surface area contributed by atoms with Crippen LogP contribution >= 0.6 is 12.2 Å². The highest BCUT2D eigenvalue weighted by Crippen LogP contribution is 2.29. The lowest BCUT2D eigenvalue weighted by Gasteiger charge is -2.38. The number of fused-ring (bicyclic) bond motifs is 1. The van der Waals surface area contributed by atoms with Crippen LogP contribution in [-0.2, 0) is 16.9 Å². The minimum absolute atomic E-state index is 0.228. The van der Waals surface area contributed by atoms with Gasteiger partial charge < -0.3 is 9.88 Å². The first-order valence-electron chi connectivity index (χ1n) is 6.49. The molecule has 5 heteroatoms. The Morgan fingerprint density at radius 3 is 3.00 bits per heavy atom. The third-order valence-corrected chi connectivity index (χ3v) is 3.97. The van der Waals surface area contributed by atoms with Gasteiger partial charge in [0.15, 0.2) is 0 Å². The Bertz CT molecular complexity index is 652. The van der Waals surface area contributed by atoms with Crippen molar-refractivity contribution in [2.24, 2.45) is 0 Å². The van der Waals surface area contributed by atoms with Crippen LogP contribution in [-0.4, -0.2) is 16.7 Å². The Kier molecular flexibility index (Phi) is 3.23. The van der Waals surface area contributed by atoms with Crippen LogP contribution < -0.4 is 10.8 Å². The molecular formula is C15H17N3OS. The van der Waals surface area contributed by atoms with Crippen LogP contribution in [0.25, 0.3) is 0 Å². The van der Waals surface area contributed by atoms with Gasteiger partial charge in [-0.05, 0) is 36.8 Å². The van der Waals surface area contributed by atoms with Crippen molar-refractivity contribution in [2.75, 3.05) is 12.6 Å². The molecule has 20 heavy (non-hydrogen) atoms. The van der Waals surface area contributed by atoms with Gasteiger partial charge in [-0.15, -0.1) is 0 Å². The van der Waals surface area contributed by atoms with Crippen molar-refractivity contribution >= 4 is 22.9 Å². The molecule has 0 aliphatic carbocycles. The van der Waals surface area contributed by atoms with E-state index in [4.69, 9.17) is 17.1 Å². The molecule has 0 fully saturated rings. The Labute approximate surface area is 123 Å². The smallest absolute Gasteiger partial charge is 0.124 e. The summed E-state index contributed by atoms with van der Waals surface area (Å²) in [4.78, 5) is 5.75.